The highest BCUT2D eigenvalue weighted by Gasteiger charge is 2.31. The third-order valence-corrected chi connectivity index (χ3v) is 5.82. The number of para-hydroxylation sites is 2. The van der Waals surface area contributed by atoms with Crippen molar-refractivity contribution in [2.24, 2.45) is 4.99 Å². The second kappa shape index (κ2) is 8.23. The summed E-state index contributed by atoms with van der Waals surface area (Å²) in [4.78, 5) is 12.5. The predicted octanol–water partition coefficient (Wildman–Crippen LogP) is 5.96. The molecule has 0 N–H and O–H groups in total. The highest BCUT2D eigenvalue weighted by atomic mass is 16.5. The van der Waals surface area contributed by atoms with Crippen LogP contribution in [0.4, 0.5) is 5.69 Å². The van der Waals surface area contributed by atoms with E-state index in [9.17, 15) is 0 Å². The number of nitrogens with zero attached hydrogens (tertiary/aromatic N) is 3. The number of fused-ring (bicyclic) bond motifs is 1. The van der Waals surface area contributed by atoms with Gasteiger partial charge >= 0.3 is 0 Å². The highest BCUT2D eigenvalue weighted by molar-refractivity contribution is 6.20. The summed E-state index contributed by atoms with van der Waals surface area (Å²) in [5, 5.41) is 1.05. The number of hydrogen-bond donors (Lipinski definition) is 0. The zero-order valence-electron chi connectivity index (χ0n) is 17.8. The molecule has 1 atom stereocenters. The van der Waals surface area contributed by atoms with Gasteiger partial charge in [0.1, 0.15) is 11.5 Å². The van der Waals surface area contributed by atoms with Crippen LogP contribution in [0.15, 0.2) is 89.9 Å². The number of rotatable bonds is 5. The van der Waals surface area contributed by atoms with Crippen molar-refractivity contribution in [3.63, 3.8) is 0 Å². The van der Waals surface area contributed by atoms with Crippen LogP contribution in [-0.2, 0) is 0 Å². The molecule has 2 heterocycles. The van der Waals surface area contributed by atoms with Crippen LogP contribution < -0.4 is 9.64 Å². The van der Waals surface area contributed by atoms with Crippen molar-refractivity contribution in [1.29, 1.82) is 0 Å². The molecule has 0 radical (unpaired) electrons. The van der Waals surface area contributed by atoms with Crippen LogP contribution in [0, 0.1) is 0 Å². The van der Waals surface area contributed by atoms with E-state index in [1.807, 2.05) is 30.3 Å². The molecule has 4 aromatic rings. The van der Waals surface area contributed by atoms with Crippen LogP contribution in [0.1, 0.15) is 18.9 Å². The van der Waals surface area contributed by atoms with Gasteiger partial charge in [0.15, 0.2) is 5.75 Å². The second-order valence-corrected chi connectivity index (χ2v) is 7.71. The van der Waals surface area contributed by atoms with E-state index in [4.69, 9.17) is 14.7 Å². The standard InChI is InChI=1S/C27H25N3O/c1-3-20-18-30(21-14-8-5-9-15-21)27(28-20)24-22-16-10-11-17-23(22)29-25(26(24)31-2)19-12-6-4-7-13-19/h4-17,20H,3,18H2,1-2H3. The van der Waals surface area contributed by atoms with Crippen LogP contribution in [0.25, 0.3) is 22.2 Å². The average molecular weight is 408 g/mol. The lowest BCUT2D eigenvalue weighted by atomic mass is 10.0. The van der Waals surface area contributed by atoms with Gasteiger partial charge in [0.25, 0.3) is 0 Å². The monoisotopic (exact) mass is 407 g/mol. The molecule has 0 spiro atoms. The average Bonchev–Trinajstić information content (AvgIpc) is 3.28. The number of methoxy groups -OCH3 is 1. The summed E-state index contributed by atoms with van der Waals surface area (Å²) in [5.41, 5.74) is 4.96. The predicted molar refractivity (Wildman–Crippen MR) is 128 cm³/mol. The van der Waals surface area contributed by atoms with E-state index in [1.165, 1.54) is 0 Å². The lowest BCUT2D eigenvalue weighted by molar-refractivity contribution is 0.415. The van der Waals surface area contributed by atoms with Crippen LogP contribution in [-0.4, -0.2) is 30.5 Å². The second-order valence-electron chi connectivity index (χ2n) is 7.71. The van der Waals surface area contributed by atoms with Gasteiger partial charge in [-0.2, -0.15) is 0 Å². The zero-order chi connectivity index (χ0) is 21.2. The first-order chi connectivity index (χ1) is 15.3. The van der Waals surface area contributed by atoms with Crippen molar-refractivity contribution >= 4 is 22.4 Å². The Bertz CT molecular complexity index is 1240. The highest BCUT2D eigenvalue weighted by Crippen LogP contribution is 2.39. The molecule has 31 heavy (non-hydrogen) atoms. The Labute approximate surface area is 182 Å². The number of aromatic nitrogens is 1. The molecular weight excluding hydrogens is 382 g/mol. The Morgan fingerprint density at radius 1 is 0.903 bits per heavy atom. The number of pyridine rings is 1. The van der Waals surface area contributed by atoms with E-state index in [2.05, 4.69) is 66.4 Å². The first-order valence-electron chi connectivity index (χ1n) is 10.7. The summed E-state index contributed by atoms with van der Waals surface area (Å²) >= 11 is 0. The van der Waals surface area contributed by atoms with Gasteiger partial charge in [0.05, 0.1) is 24.2 Å². The molecule has 1 unspecified atom stereocenters. The first-order valence-corrected chi connectivity index (χ1v) is 10.7. The lowest BCUT2D eigenvalue weighted by Gasteiger charge is -2.24. The number of aliphatic imine (C=N–C) groups is 1. The molecule has 0 amide bonds. The van der Waals surface area contributed by atoms with Gasteiger partial charge in [0, 0.05) is 23.2 Å². The topological polar surface area (TPSA) is 37.7 Å². The van der Waals surface area contributed by atoms with Crippen LogP contribution in [0.5, 0.6) is 5.75 Å². The van der Waals surface area contributed by atoms with Crippen molar-refractivity contribution in [3.05, 3.63) is 90.5 Å². The van der Waals surface area contributed by atoms with E-state index in [1.54, 1.807) is 7.11 Å². The number of hydrogen-bond acceptors (Lipinski definition) is 4. The lowest BCUT2D eigenvalue weighted by Crippen LogP contribution is -2.30. The fraction of sp³-hybridized carbons (Fsp3) is 0.185. The smallest absolute Gasteiger partial charge is 0.156 e. The van der Waals surface area contributed by atoms with E-state index < -0.39 is 0 Å². The fourth-order valence-electron chi connectivity index (χ4n) is 4.24. The Hall–Kier alpha value is -3.66. The molecule has 0 fully saturated rings. The van der Waals surface area contributed by atoms with Gasteiger partial charge in [0.2, 0.25) is 0 Å². The number of benzene rings is 3. The molecule has 5 rings (SSSR count). The Morgan fingerprint density at radius 2 is 1.58 bits per heavy atom. The summed E-state index contributed by atoms with van der Waals surface area (Å²) in [6.07, 6.45) is 0.990. The minimum absolute atomic E-state index is 0.243. The quantitative estimate of drug-likeness (QED) is 0.410. The minimum Gasteiger partial charge on any atom is -0.494 e. The Morgan fingerprint density at radius 3 is 2.29 bits per heavy atom. The summed E-state index contributed by atoms with van der Waals surface area (Å²) in [7, 11) is 1.72. The maximum atomic E-state index is 6.03. The van der Waals surface area contributed by atoms with Gasteiger partial charge in [-0.05, 0) is 24.6 Å². The molecular formula is C27H25N3O. The Balaban J connectivity index is 1.80. The molecule has 0 aliphatic carbocycles. The molecule has 0 saturated heterocycles. The van der Waals surface area contributed by atoms with E-state index >= 15 is 0 Å². The summed E-state index contributed by atoms with van der Waals surface area (Å²) in [6, 6.07) is 29.2. The van der Waals surface area contributed by atoms with Crippen molar-refractivity contribution in [3.8, 4) is 17.0 Å². The molecule has 4 nitrogen and oxygen atoms in total. The van der Waals surface area contributed by atoms with E-state index in [-0.39, 0.29) is 6.04 Å². The van der Waals surface area contributed by atoms with E-state index in [0.29, 0.717) is 0 Å². The molecule has 0 saturated carbocycles. The minimum atomic E-state index is 0.243. The maximum absolute atomic E-state index is 6.03. The number of amidine groups is 1. The zero-order valence-corrected chi connectivity index (χ0v) is 17.8. The van der Waals surface area contributed by atoms with Crippen LogP contribution in [0.3, 0.4) is 0 Å². The summed E-state index contributed by atoms with van der Waals surface area (Å²) < 4.78 is 6.03. The largest absolute Gasteiger partial charge is 0.494 e. The van der Waals surface area contributed by atoms with Crippen molar-refractivity contribution in [1.82, 2.24) is 4.98 Å². The van der Waals surface area contributed by atoms with E-state index in [0.717, 1.165) is 58.0 Å². The molecule has 3 aromatic carbocycles. The van der Waals surface area contributed by atoms with Crippen LogP contribution >= 0.6 is 0 Å². The molecule has 1 aliphatic heterocycles. The summed E-state index contributed by atoms with van der Waals surface area (Å²) in [6.45, 7) is 3.05. The van der Waals surface area contributed by atoms with Crippen molar-refractivity contribution in [2.45, 2.75) is 19.4 Å². The van der Waals surface area contributed by atoms with Crippen molar-refractivity contribution < 1.29 is 4.74 Å². The Kier molecular flexibility index (Phi) is 5.13. The van der Waals surface area contributed by atoms with Gasteiger partial charge < -0.3 is 9.64 Å². The third kappa shape index (κ3) is 3.44. The number of anilines is 1. The van der Waals surface area contributed by atoms with Gasteiger partial charge in [-0.3, -0.25) is 4.99 Å². The van der Waals surface area contributed by atoms with Gasteiger partial charge in [-0.25, -0.2) is 4.98 Å². The molecule has 4 heteroatoms. The van der Waals surface area contributed by atoms with Gasteiger partial charge in [-0.1, -0.05) is 73.7 Å². The molecule has 1 aliphatic rings. The molecule has 1 aromatic heterocycles. The molecule has 0 bridgehead atoms. The van der Waals surface area contributed by atoms with Crippen molar-refractivity contribution in [2.75, 3.05) is 18.6 Å². The number of ether oxygens (including phenoxy) is 1. The normalized spacial score (nSPS) is 15.9. The summed E-state index contributed by atoms with van der Waals surface area (Å²) in [5.74, 6) is 1.71. The first kappa shape index (κ1) is 19.3. The van der Waals surface area contributed by atoms with Gasteiger partial charge in [-0.15, -0.1) is 0 Å². The molecule has 154 valence electrons. The van der Waals surface area contributed by atoms with Crippen LogP contribution in [0.2, 0.25) is 0 Å². The SMILES string of the molecule is CCC1CN(c2ccccc2)C(c2c(OC)c(-c3ccccc3)nc3ccccc23)=N1. The third-order valence-electron chi connectivity index (χ3n) is 5.82. The maximum Gasteiger partial charge on any atom is 0.156 e. The fourth-order valence-corrected chi connectivity index (χ4v) is 4.24.